The van der Waals surface area contributed by atoms with E-state index in [2.05, 4.69) is 26.1 Å². The number of benzene rings is 2. The van der Waals surface area contributed by atoms with Gasteiger partial charge in [0.2, 0.25) is 5.82 Å². The van der Waals surface area contributed by atoms with Gasteiger partial charge in [-0.25, -0.2) is 0 Å². The smallest absolute Gasteiger partial charge is 0.262 e. The number of hydrogen-bond donors (Lipinski definition) is 0. The molecule has 0 fully saturated rings. The maximum Gasteiger partial charge on any atom is 0.262 e. The van der Waals surface area contributed by atoms with Crippen molar-refractivity contribution in [2.75, 3.05) is 14.2 Å². The first-order valence-electron chi connectivity index (χ1n) is 6.54. The van der Waals surface area contributed by atoms with Gasteiger partial charge in [0.05, 0.1) is 19.8 Å². The monoisotopic (exact) mass is 360 g/mol. The Morgan fingerprint density at radius 1 is 1.00 bits per heavy atom. The van der Waals surface area contributed by atoms with Crippen molar-refractivity contribution in [2.45, 2.75) is 0 Å². The maximum absolute atomic E-state index is 5.39. The summed E-state index contributed by atoms with van der Waals surface area (Å²) in [6, 6.07) is 13.2. The number of hydrogen-bond acceptors (Lipinski definition) is 5. The van der Waals surface area contributed by atoms with Crippen LogP contribution in [0.1, 0.15) is 0 Å². The van der Waals surface area contributed by atoms with Crippen LogP contribution >= 0.6 is 15.9 Å². The summed E-state index contributed by atoms with van der Waals surface area (Å²) in [5.41, 5.74) is 1.57. The third-order valence-electron chi connectivity index (χ3n) is 3.16. The summed E-state index contributed by atoms with van der Waals surface area (Å²) in [4.78, 5) is 4.44. The predicted molar refractivity (Wildman–Crippen MR) is 86.0 cm³/mol. The minimum atomic E-state index is 0.383. The van der Waals surface area contributed by atoms with Gasteiger partial charge >= 0.3 is 0 Å². The van der Waals surface area contributed by atoms with Crippen LogP contribution in [0.3, 0.4) is 0 Å². The minimum Gasteiger partial charge on any atom is -0.493 e. The Labute approximate surface area is 136 Å². The molecule has 22 heavy (non-hydrogen) atoms. The quantitative estimate of drug-likeness (QED) is 0.698. The van der Waals surface area contributed by atoms with E-state index in [1.165, 1.54) is 0 Å². The van der Waals surface area contributed by atoms with Crippen molar-refractivity contribution in [1.29, 1.82) is 0 Å². The zero-order valence-corrected chi connectivity index (χ0v) is 13.6. The largest absolute Gasteiger partial charge is 0.493 e. The fourth-order valence-corrected chi connectivity index (χ4v) is 2.37. The molecule has 112 valence electrons. The first-order valence-corrected chi connectivity index (χ1v) is 7.33. The molecule has 2 aromatic carbocycles. The highest BCUT2D eigenvalue weighted by Gasteiger charge is 2.17. The molecule has 6 heteroatoms. The highest BCUT2D eigenvalue weighted by atomic mass is 79.9. The van der Waals surface area contributed by atoms with Crippen molar-refractivity contribution in [3.05, 3.63) is 46.9 Å². The number of aromatic nitrogens is 2. The second-order valence-electron chi connectivity index (χ2n) is 4.47. The third-order valence-corrected chi connectivity index (χ3v) is 3.69. The van der Waals surface area contributed by atoms with Gasteiger partial charge in [0, 0.05) is 10.0 Å². The van der Waals surface area contributed by atoms with E-state index in [0.717, 1.165) is 10.0 Å². The van der Waals surface area contributed by atoms with Crippen molar-refractivity contribution in [3.63, 3.8) is 0 Å². The van der Waals surface area contributed by atoms with Gasteiger partial charge in [-0.1, -0.05) is 27.2 Å². The van der Waals surface area contributed by atoms with E-state index in [1.54, 1.807) is 14.2 Å². The summed E-state index contributed by atoms with van der Waals surface area (Å²) in [6.07, 6.45) is 0. The molecule has 0 bridgehead atoms. The number of ether oxygens (including phenoxy) is 2. The molecule has 0 saturated carbocycles. The van der Waals surface area contributed by atoms with Crippen LogP contribution in [0.2, 0.25) is 0 Å². The van der Waals surface area contributed by atoms with Crippen LogP contribution in [0.25, 0.3) is 22.8 Å². The Hall–Kier alpha value is -2.34. The standard InChI is InChI=1S/C16H13BrN2O3/c1-20-13-5-3-4-12(14(13)21-2)16-18-15(19-22-16)10-6-8-11(17)9-7-10/h3-9H,1-2H3. The Kier molecular flexibility index (Phi) is 4.11. The number of rotatable bonds is 4. The van der Waals surface area contributed by atoms with Crippen molar-refractivity contribution in [3.8, 4) is 34.3 Å². The van der Waals surface area contributed by atoms with Gasteiger partial charge in [-0.05, 0) is 36.4 Å². The van der Waals surface area contributed by atoms with E-state index in [1.807, 2.05) is 42.5 Å². The van der Waals surface area contributed by atoms with Crippen LogP contribution in [0.5, 0.6) is 11.5 Å². The van der Waals surface area contributed by atoms with Crippen molar-refractivity contribution < 1.29 is 14.0 Å². The van der Waals surface area contributed by atoms with Gasteiger partial charge in [0.25, 0.3) is 5.89 Å². The molecule has 1 heterocycles. The zero-order valence-electron chi connectivity index (χ0n) is 12.0. The molecule has 0 radical (unpaired) electrons. The predicted octanol–water partition coefficient (Wildman–Crippen LogP) is 4.18. The average molecular weight is 361 g/mol. The van der Waals surface area contributed by atoms with Gasteiger partial charge in [-0.3, -0.25) is 0 Å². The van der Waals surface area contributed by atoms with E-state index in [0.29, 0.717) is 28.8 Å². The molecule has 0 aliphatic carbocycles. The molecular weight excluding hydrogens is 348 g/mol. The maximum atomic E-state index is 5.39. The summed E-state index contributed by atoms with van der Waals surface area (Å²) in [6.45, 7) is 0. The molecule has 0 aliphatic rings. The van der Waals surface area contributed by atoms with Crippen LogP contribution in [0.4, 0.5) is 0 Å². The molecule has 0 unspecified atom stereocenters. The van der Waals surface area contributed by atoms with Gasteiger partial charge in [-0.15, -0.1) is 0 Å². The summed E-state index contributed by atoms with van der Waals surface area (Å²) in [5, 5.41) is 4.03. The fraction of sp³-hybridized carbons (Fsp3) is 0.125. The summed E-state index contributed by atoms with van der Waals surface area (Å²) in [5.74, 6) is 2.08. The Balaban J connectivity index is 2.02. The number of para-hydroxylation sites is 1. The van der Waals surface area contributed by atoms with Crippen LogP contribution in [-0.4, -0.2) is 24.4 Å². The minimum absolute atomic E-state index is 0.383. The van der Waals surface area contributed by atoms with Crippen LogP contribution in [0.15, 0.2) is 51.5 Å². The number of nitrogens with zero attached hydrogens (tertiary/aromatic N) is 2. The lowest BCUT2D eigenvalue weighted by Crippen LogP contribution is -1.93. The normalized spacial score (nSPS) is 10.5. The number of methoxy groups -OCH3 is 2. The first kappa shape index (κ1) is 14.6. The second kappa shape index (κ2) is 6.19. The molecule has 1 aromatic heterocycles. The van der Waals surface area contributed by atoms with Crippen LogP contribution < -0.4 is 9.47 Å². The molecule has 0 amide bonds. The molecule has 0 N–H and O–H groups in total. The van der Waals surface area contributed by atoms with Gasteiger partial charge in [0.15, 0.2) is 11.5 Å². The lowest BCUT2D eigenvalue weighted by molar-refractivity contribution is 0.353. The summed E-state index contributed by atoms with van der Waals surface area (Å²) in [7, 11) is 3.16. The average Bonchev–Trinajstić information content (AvgIpc) is 3.04. The lowest BCUT2D eigenvalue weighted by atomic mass is 10.2. The Morgan fingerprint density at radius 3 is 2.45 bits per heavy atom. The Morgan fingerprint density at radius 2 is 1.77 bits per heavy atom. The zero-order chi connectivity index (χ0) is 15.5. The van der Waals surface area contributed by atoms with Crippen LogP contribution in [-0.2, 0) is 0 Å². The first-order chi connectivity index (χ1) is 10.7. The van der Waals surface area contributed by atoms with Crippen molar-refractivity contribution in [2.24, 2.45) is 0 Å². The molecule has 0 aliphatic heterocycles. The molecule has 0 saturated heterocycles. The van der Waals surface area contributed by atoms with E-state index < -0.39 is 0 Å². The molecular formula is C16H13BrN2O3. The molecule has 5 nitrogen and oxygen atoms in total. The van der Waals surface area contributed by atoms with Gasteiger partial charge < -0.3 is 14.0 Å². The molecule has 0 spiro atoms. The highest BCUT2D eigenvalue weighted by Crippen LogP contribution is 2.37. The van der Waals surface area contributed by atoms with Crippen LogP contribution in [0, 0.1) is 0 Å². The summed E-state index contributed by atoms with van der Waals surface area (Å²) < 4.78 is 17.0. The SMILES string of the molecule is COc1cccc(-c2nc(-c3ccc(Br)cc3)no2)c1OC. The van der Waals surface area contributed by atoms with Crippen molar-refractivity contribution >= 4 is 15.9 Å². The van der Waals surface area contributed by atoms with Crippen molar-refractivity contribution in [1.82, 2.24) is 10.1 Å². The van der Waals surface area contributed by atoms with E-state index in [9.17, 15) is 0 Å². The van der Waals surface area contributed by atoms with Gasteiger partial charge in [0.1, 0.15) is 0 Å². The third kappa shape index (κ3) is 2.69. The van der Waals surface area contributed by atoms with Gasteiger partial charge in [-0.2, -0.15) is 4.98 Å². The molecule has 0 atom stereocenters. The molecule has 3 aromatic rings. The van der Waals surface area contributed by atoms with E-state index >= 15 is 0 Å². The second-order valence-corrected chi connectivity index (χ2v) is 5.39. The van der Waals surface area contributed by atoms with E-state index in [4.69, 9.17) is 14.0 Å². The Bertz CT molecular complexity index is 784. The van der Waals surface area contributed by atoms with E-state index in [-0.39, 0.29) is 0 Å². The summed E-state index contributed by atoms with van der Waals surface area (Å²) >= 11 is 3.40. The lowest BCUT2D eigenvalue weighted by Gasteiger charge is -2.09. The fourth-order valence-electron chi connectivity index (χ4n) is 2.10. The molecule has 3 rings (SSSR count). The number of halogens is 1. The topological polar surface area (TPSA) is 57.4 Å². The highest BCUT2D eigenvalue weighted by molar-refractivity contribution is 9.10.